The molecule has 1 N–H and O–H groups in total. The van der Waals surface area contributed by atoms with Gasteiger partial charge in [-0.2, -0.15) is 0 Å². The summed E-state index contributed by atoms with van der Waals surface area (Å²) in [7, 11) is -3.93. The van der Waals surface area contributed by atoms with Gasteiger partial charge in [0.1, 0.15) is 12.6 Å². The molecule has 1 heterocycles. The summed E-state index contributed by atoms with van der Waals surface area (Å²) in [6, 6.07) is 13.7. The summed E-state index contributed by atoms with van der Waals surface area (Å²) < 4.78 is 26.0. The number of amides is 2. The molecule has 7 nitrogen and oxygen atoms in total. The summed E-state index contributed by atoms with van der Waals surface area (Å²) in [4.78, 5) is 32.8. The van der Waals surface area contributed by atoms with E-state index < -0.39 is 33.3 Å². The van der Waals surface area contributed by atoms with Crippen LogP contribution >= 0.6 is 11.6 Å². The van der Waals surface area contributed by atoms with Crippen LogP contribution in [-0.2, 0) is 19.6 Å². The number of halogens is 1. The summed E-state index contributed by atoms with van der Waals surface area (Å²) in [6.07, 6.45) is 0.692. The summed E-state index contributed by atoms with van der Waals surface area (Å²) in [5.41, 5.74) is 2.46. The van der Waals surface area contributed by atoms with Gasteiger partial charge in [-0.3, -0.25) is 19.3 Å². The Morgan fingerprint density at radius 1 is 1.18 bits per heavy atom. The van der Waals surface area contributed by atoms with Gasteiger partial charge in [0.05, 0.1) is 16.1 Å². The number of benzodiazepines with no additional fused rings is 1. The van der Waals surface area contributed by atoms with Crippen molar-refractivity contribution < 1.29 is 18.0 Å². The fourth-order valence-electron chi connectivity index (χ4n) is 3.54. The molecule has 2 aromatic rings. The number of aliphatic imine (C=N–C) groups is 1. The molecule has 0 radical (unpaired) electrons. The van der Waals surface area contributed by atoms with E-state index in [0.29, 0.717) is 28.4 Å². The normalized spacial score (nSPS) is 17.5. The molecule has 9 heteroatoms. The van der Waals surface area contributed by atoms with Crippen molar-refractivity contribution in [3.63, 3.8) is 0 Å². The van der Waals surface area contributed by atoms with Gasteiger partial charge in [0.25, 0.3) is 11.8 Å². The third kappa shape index (κ3) is 5.33. The average Bonchev–Trinajstić information content (AvgIpc) is 2.87. The Balaban J connectivity index is 2.13. The molecule has 34 heavy (non-hydrogen) atoms. The van der Waals surface area contributed by atoms with Crippen molar-refractivity contribution >= 4 is 44.8 Å². The van der Waals surface area contributed by atoms with Gasteiger partial charge >= 0.3 is 0 Å². The van der Waals surface area contributed by atoms with E-state index in [1.807, 2.05) is 44.2 Å². The lowest BCUT2D eigenvalue weighted by Crippen LogP contribution is -2.49. The highest BCUT2D eigenvalue weighted by Gasteiger charge is 2.37. The molecule has 0 aliphatic carbocycles. The second-order valence-corrected chi connectivity index (χ2v) is 12.3. The van der Waals surface area contributed by atoms with E-state index in [0.717, 1.165) is 5.56 Å². The zero-order chi connectivity index (χ0) is 25.3. The van der Waals surface area contributed by atoms with Crippen LogP contribution in [0, 0.1) is 5.92 Å². The Morgan fingerprint density at radius 2 is 1.82 bits per heavy atom. The largest absolute Gasteiger partial charge is 0.300 e. The number of fused-ring (bicyclic) bond motifs is 1. The van der Waals surface area contributed by atoms with Gasteiger partial charge in [0.15, 0.2) is 0 Å². The number of rotatable bonds is 6. The molecule has 182 valence electrons. The summed E-state index contributed by atoms with van der Waals surface area (Å²) in [5.74, 6) is -1.28. The van der Waals surface area contributed by atoms with Crippen molar-refractivity contribution in [3.8, 4) is 0 Å². The first-order valence-corrected chi connectivity index (χ1v) is 13.0. The van der Waals surface area contributed by atoms with Crippen LogP contribution in [0.25, 0.3) is 0 Å². The first-order valence-electron chi connectivity index (χ1n) is 11.2. The van der Waals surface area contributed by atoms with Crippen molar-refractivity contribution in [1.29, 1.82) is 0 Å². The smallest absolute Gasteiger partial charge is 0.253 e. The average molecular weight is 504 g/mol. The monoisotopic (exact) mass is 503 g/mol. The first kappa shape index (κ1) is 25.9. The number of hydrogen-bond donors (Lipinski definition) is 1. The minimum Gasteiger partial charge on any atom is -0.300 e. The number of nitrogens with one attached hydrogen (secondary N) is 1. The van der Waals surface area contributed by atoms with Gasteiger partial charge < -0.3 is 4.90 Å². The van der Waals surface area contributed by atoms with Crippen LogP contribution in [0.4, 0.5) is 5.69 Å². The number of carbonyl (C=O) groups excluding carboxylic acids is 2. The molecule has 0 fully saturated rings. The second-order valence-electron chi connectivity index (χ2n) is 9.40. The van der Waals surface area contributed by atoms with E-state index in [1.165, 1.54) is 25.7 Å². The van der Waals surface area contributed by atoms with Crippen LogP contribution in [0.15, 0.2) is 53.5 Å². The molecule has 0 unspecified atom stereocenters. The van der Waals surface area contributed by atoms with Crippen LogP contribution in [0.1, 0.15) is 52.2 Å². The van der Waals surface area contributed by atoms with E-state index >= 15 is 0 Å². The molecule has 2 atom stereocenters. The number of nitrogens with zero attached hydrogens (tertiary/aromatic N) is 2. The van der Waals surface area contributed by atoms with E-state index in [4.69, 9.17) is 16.6 Å². The standard InChI is InChI=1S/C25H30ClN3O4S/c1-6-16(2)22-24(31)29(15-21(30)28-34(32,33)25(3,4)5)20-13-12-18(26)14-19(20)23(27-22)17-10-8-7-9-11-17/h7-14,16,22H,6,15H2,1-5H3,(H,28,30)/t16-,22-/m0/s1. The van der Waals surface area contributed by atoms with Crippen LogP contribution in [0.2, 0.25) is 5.02 Å². The highest BCUT2D eigenvalue weighted by atomic mass is 35.5. The van der Waals surface area contributed by atoms with Crippen molar-refractivity contribution in [2.75, 3.05) is 11.4 Å². The zero-order valence-electron chi connectivity index (χ0n) is 20.0. The first-order chi connectivity index (χ1) is 15.9. The van der Waals surface area contributed by atoms with Crippen LogP contribution < -0.4 is 9.62 Å². The predicted octanol–water partition coefficient (Wildman–Crippen LogP) is 4.18. The number of anilines is 1. The molecule has 0 spiro atoms. The molecule has 1 aliphatic heterocycles. The topological polar surface area (TPSA) is 95.9 Å². The van der Waals surface area contributed by atoms with Gasteiger partial charge in [0.2, 0.25) is 10.0 Å². The third-order valence-corrected chi connectivity index (χ3v) is 8.22. The Hall–Kier alpha value is -2.71. The maximum absolute atomic E-state index is 13.7. The molecular formula is C25H30ClN3O4S. The fourth-order valence-corrected chi connectivity index (χ4v) is 4.38. The molecule has 0 saturated heterocycles. The molecule has 0 aromatic heterocycles. The van der Waals surface area contributed by atoms with Crippen molar-refractivity contribution in [1.82, 2.24) is 4.72 Å². The fraction of sp³-hybridized carbons (Fsp3) is 0.400. The lowest BCUT2D eigenvalue weighted by molar-refractivity contribution is -0.124. The minimum absolute atomic E-state index is 0.111. The Labute approximate surface area is 206 Å². The van der Waals surface area contributed by atoms with Crippen molar-refractivity contribution in [3.05, 3.63) is 64.7 Å². The zero-order valence-corrected chi connectivity index (χ0v) is 21.6. The Morgan fingerprint density at radius 3 is 2.41 bits per heavy atom. The Bertz CT molecular complexity index is 1220. The Kier molecular flexibility index (Phi) is 7.53. The highest BCUT2D eigenvalue weighted by molar-refractivity contribution is 7.91. The van der Waals surface area contributed by atoms with Gasteiger partial charge in [0, 0.05) is 16.1 Å². The summed E-state index contributed by atoms with van der Waals surface area (Å²) in [6.45, 7) is 7.92. The second kappa shape index (κ2) is 9.88. The maximum atomic E-state index is 13.7. The SMILES string of the molecule is CC[C@H](C)[C@@H]1N=C(c2ccccc2)c2cc(Cl)ccc2N(CC(=O)NS(=O)(=O)C(C)(C)C)C1=O. The van der Waals surface area contributed by atoms with Gasteiger partial charge in [-0.05, 0) is 44.9 Å². The van der Waals surface area contributed by atoms with Gasteiger partial charge in [-0.15, -0.1) is 0 Å². The lowest BCUT2D eigenvalue weighted by Gasteiger charge is -2.27. The number of carbonyl (C=O) groups is 2. The van der Waals surface area contributed by atoms with Crippen molar-refractivity contribution in [2.24, 2.45) is 10.9 Å². The molecule has 3 rings (SSSR count). The van der Waals surface area contributed by atoms with Crippen LogP contribution in [0.5, 0.6) is 0 Å². The molecular weight excluding hydrogens is 474 g/mol. The lowest BCUT2D eigenvalue weighted by atomic mass is 9.98. The molecule has 2 aromatic carbocycles. The van der Waals surface area contributed by atoms with Gasteiger partial charge in [-0.1, -0.05) is 62.2 Å². The number of benzene rings is 2. The quantitative estimate of drug-likeness (QED) is 0.639. The minimum atomic E-state index is -3.93. The number of hydrogen-bond acceptors (Lipinski definition) is 5. The van der Waals surface area contributed by atoms with Crippen LogP contribution in [-0.4, -0.2) is 43.3 Å². The highest BCUT2D eigenvalue weighted by Crippen LogP contribution is 2.33. The molecule has 0 bridgehead atoms. The van der Waals surface area contributed by atoms with E-state index in [1.54, 1.807) is 18.2 Å². The van der Waals surface area contributed by atoms with Gasteiger partial charge in [-0.25, -0.2) is 8.42 Å². The van der Waals surface area contributed by atoms with Crippen LogP contribution in [0.3, 0.4) is 0 Å². The predicted molar refractivity (Wildman–Crippen MR) is 136 cm³/mol. The van der Waals surface area contributed by atoms with E-state index in [2.05, 4.69) is 4.72 Å². The third-order valence-electron chi connectivity index (χ3n) is 5.88. The summed E-state index contributed by atoms with van der Waals surface area (Å²) >= 11 is 6.32. The molecule has 0 saturated carbocycles. The summed E-state index contributed by atoms with van der Waals surface area (Å²) in [5, 5.41) is 0.455. The van der Waals surface area contributed by atoms with Crippen molar-refractivity contribution in [2.45, 2.75) is 51.8 Å². The molecule has 2 amide bonds. The van der Waals surface area contributed by atoms with E-state index in [-0.39, 0.29) is 11.8 Å². The number of sulfonamides is 1. The molecule has 1 aliphatic rings. The maximum Gasteiger partial charge on any atom is 0.253 e. The van der Waals surface area contributed by atoms with E-state index in [9.17, 15) is 18.0 Å².